The van der Waals surface area contributed by atoms with Crippen LogP contribution in [0.4, 0.5) is 14.9 Å². The van der Waals surface area contributed by atoms with Crippen LogP contribution < -0.4 is 14.8 Å². The van der Waals surface area contributed by atoms with Crippen LogP contribution in [0, 0.1) is 17.1 Å². The number of benzene rings is 3. The van der Waals surface area contributed by atoms with E-state index in [1.165, 1.54) is 37.5 Å². The summed E-state index contributed by atoms with van der Waals surface area (Å²) in [6.45, 7) is -0.308. The summed E-state index contributed by atoms with van der Waals surface area (Å²) in [5.41, 5.74) is 2.18. The third kappa shape index (κ3) is 6.15. The molecule has 1 saturated heterocycles. The largest absolute Gasteiger partial charge is 0.493 e. The number of methoxy groups -OCH3 is 1. The number of rotatable bonds is 8. The van der Waals surface area contributed by atoms with Gasteiger partial charge in [0.15, 0.2) is 11.5 Å². The van der Waals surface area contributed by atoms with Gasteiger partial charge in [-0.25, -0.2) is 4.39 Å². The van der Waals surface area contributed by atoms with Crippen LogP contribution in [-0.4, -0.2) is 35.6 Å². The second-order valence-corrected chi connectivity index (χ2v) is 8.78. The molecule has 1 aliphatic heterocycles. The lowest BCUT2D eigenvalue weighted by molar-refractivity contribution is -0.127. The lowest BCUT2D eigenvalue weighted by Gasteiger charge is -2.13. The van der Waals surface area contributed by atoms with Gasteiger partial charge in [-0.3, -0.25) is 19.3 Å². The third-order valence-electron chi connectivity index (χ3n) is 5.31. The fourth-order valence-electron chi connectivity index (χ4n) is 3.47. The van der Waals surface area contributed by atoms with Crippen molar-refractivity contribution in [3.63, 3.8) is 0 Å². The van der Waals surface area contributed by atoms with Gasteiger partial charge >= 0.3 is 0 Å². The molecule has 3 aromatic rings. The van der Waals surface area contributed by atoms with Gasteiger partial charge in [0, 0.05) is 11.3 Å². The van der Waals surface area contributed by atoms with Gasteiger partial charge in [-0.1, -0.05) is 24.3 Å². The lowest BCUT2D eigenvalue weighted by atomic mass is 10.1. The maximum atomic E-state index is 13.0. The lowest BCUT2D eigenvalue weighted by Crippen LogP contribution is -2.36. The fraction of sp³-hybridized carbons (Fsp3) is 0.111. The second kappa shape index (κ2) is 11.4. The highest BCUT2D eigenvalue weighted by Gasteiger charge is 2.36. The number of carbonyl (C=O) groups excluding carboxylic acids is 3. The third-order valence-corrected chi connectivity index (χ3v) is 6.22. The highest BCUT2D eigenvalue weighted by atomic mass is 32.2. The van der Waals surface area contributed by atoms with Gasteiger partial charge in [-0.2, -0.15) is 5.26 Å². The predicted octanol–water partition coefficient (Wildman–Crippen LogP) is 4.96. The summed E-state index contributed by atoms with van der Waals surface area (Å²) in [5, 5.41) is 11.2. The van der Waals surface area contributed by atoms with Crippen molar-refractivity contribution < 1.29 is 28.2 Å². The average Bonchev–Trinajstić information content (AvgIpc) is 3.16. The van der Waals surface area contributed by atoms with Gasteiger partial charge in [0.1, 0.15) is 19.0 Å². The van der Waals surface area contributed by atoms with Crippen LogP contribution in [0.15, 0.2) is 71.6 Å². The molecule has 0 radical (unpaired) electrons. The van der Waals surface area contributed by atoms with E-state index >= 15 is 0 Å². The average molecular weight is 518 g/mol. The number of carbonyl (C=O) groups is 3. The van der Waals surface area contributed by atoms with Crippen LogP contribution in [0.3, 0.4) is 0 Å². The van der Waals surface area contributed by atoms with Gasteiger partial charge in [0.25, 0.3) is 11.1 Å². The molecule has 186 valence electrons. The number of imide groups is 1. The summed E-state index contributed by atoms with van der Waals surface area (Å²) in [5.74, 6) is -0.790. The Kier molecular flexibility index (Phi) is 7.86. The molecule has 1 aliphatic rings. The Bertz CT molecular complexity index is 1430. The minimum absolute atomic E-state index is 0.151. The highest BCUT2D eigenvalue weighted by molar-refractivity contribution is 8.18. The fourth-order valence-corrected chi connectivity index (χ4v) is 4.31. The van der Waals surface area contributed by atoms with Crippen molar-refractivity contribution in [2.24, 2.45) is 0 Å². The van der Waals surface area contributed by atoms with E-state index in [-0.39, 0.29) is 11.5 Å². The highest BCUT2D eigenvalue weighted by Crippen LogP contribution is 2.35. The molecule has 0 aliphatic carbocycles. The predicted molar refractivity (Wildman–Crippen MR) is 136 cm³/mol. The van der Waals surface area contributed by atoms with Crippen LogP contribution in [0.5, 0.6) is 11.5 Å². The molecule has 1 N–H and O–H groups in total. The molecule has 1 fully saturated rings. The normalized spacial score (nSPS) is 14.0. The van der Waals surface area contributed by atoms with Gasteiger partial charge < -0.3 is 14.8 Å². The summed E-state index contributed by atoms with van der Waals surface area (Å²) >= 11 is 0.722. The number of anilines is 1. The van der Waals surface area contributed by atoms with Crippen LogP contribution in [0.2, 0.25) is 0 Å². The molecule has 0 unspecified atom stereocenters. The molecule has 4 rings (SSSR count). The molecule has 1 heterocycles. The summed E-state index contributed by atoms with van der Waals surface area (Å²) in [4.78, 5) is 38.5. The molecule has 3 aromatic carbocycles. The van der Waals surface area contributed by atoms with Gasteiger partial charge in [0.2, 0.25) is 5.91 Å². The second-order valence-electron chi connectivity index (χ2n) is 7.79. The quantitative estimate of drug-likeness (QED) is 0.421. The van der Waals surface area contributed by atoms with Crippen molar-refractivity contribution >= 4 is 40.6 Å². The Labute approximate surface area is 216 Å². The maximum absolute atomic E-state index is 13.0. The van der Waals surface area contributed by atoms with Crippen molar-refractivity contribution in [1.29, 1.82) is 5.26 Å². The van der Waals surface area contributed by atoms with Crippen molar-refractivity contribution in [3.8, 4) is 17.6 Å². The van der Waals surface area contributed by atoms with E-state index in [1.54, 1.807) is 36.4 Å². The Morgan fingerprint density at radius 3 is 2.59 bits per heavy atom. The van der Waals surface area contributed by atoms with Crippen molar-refractivity contribution in [3.05, 3.63) is 94.1 Å². The van der Waals surface area contributed by atoms with Gasteiger partial charge in [0.05, 0.1) is 23.6 Å². The number of nitriles is 1. The zero-order valence-corrected chi connectivity index (χ0v) is 20.4. The van der Waals surface area contributed by atoms with E-state index in [0.717, 1.165) is 22.2 Å². The molecule has 0 saturated carbocycles. The van der Waals surface area contributed by atoms with E-state index in [4.69, 9.17) is 9.47 Å². The molecule has 3 amide bonds. The van der Waals surface area contributed by atoms with Crippen LogP contribution >= 0.6 is 11.8 Å². The summed E-state index contributed by atoms with van der Waals surface area (Å²) in [7, 11) is 1.48. The SMILES string of the molecule is COc1cc(/C=C2\SC(=O)N(CC(=O)Nc3ccc(F)cc3)C2=O)ccc1OCc1ccccc1C#N. The molecule has 0 bridgehead atoms. The number of halogens is 1. The zero-order chi connectivity index (χ0) is 26.4. The molecule has 37 heavy (non-hydrogen) atoms. The number of nitrogens with zero attached hydrogens (tertiary/aromatic N) is 2. The number of nitrogens with one attached hydrogen (secondary N) is 1. The van der Waals surface area contributed by atoms with Crippen LogP contribution in [0.1, 0.15) is 16.7 Å². The van der Waals surface area contributed by atoms with Gasteiger partial charge in [-0.15, -0.1) is 0 Å². The molecule has 0 atom stereocenters. The standard InChI is InChI=1S/C27H20FN3O5S/c1-35-23-12-17(6-11-22(23)36-16-19-5-3-2-4-18(19)14-29)13-24-26(33)31(27(34)37-24)15-25(32)30-21-9-7-20(28)8-10-21/h2-13H,15-16H2,1H3,(H,30,32)/b24-13-. The smallest absolute Gasteiger partial charge is 0.294 e. The van der Waals surface area contributed by atoms with Crippen LogP contribution in [0.25, 0.3) is 6.08 Å². The Morgan fingerprint density at radius 2 is 1.86 bits per heavy atom. The van der Waals surface area contributed by atoms with Crippen LogP contribution in [-0.2, 0) is 16.2 Å². The molecule has 0 aromatic heterocycles. The molecular formula is C27H20FN3O5S. The summed E-state index contributed by atoms with van der Waals surface area (Å²) in [6.07, 6.45) is 1.53. The van der Waals surface area contributed by atoms with E-state index < -0.39 is 29.4 Å². The summed E-state index contributed by atoms with van der Waals surface area (Å²) in [6, 6.07) is 19.4. The maximum Gasteiger partial charge on any atom is 0.294 e. The van der Waals surface area contributed by atoms with E-state index in [2.05, 4.69) is 11.4 Å². The monoisotopic (exact) mass is 517 g/mol. The topological polar surface area (TPSA) is 109 Å². The molecule has 10 heteroatoms. The first-order valence-electron chi connectivity index (χ1n) is 11.0. The minimum atomic E-state index is -0.600. The van der Waals surface area contributed by atoms with E-state index in [9.17, 15) is 24.0 Å². The number of thioether (sulfide) groups is 1. The first kappa shape index (κ1) is 25.5. The van der Waals surface area contributed by atoms with Crippen molar-refractivity contribution in [1.82, 2.24) is 4.90 Å². The molecular weight excluding hydrogens is 497 g/mol. The Morgan fingerprint density at radius 1 is 1.11 bits per heavy atom. The van der Waals surface area contributed by atoms with E-state index in [0.29, 0.717) is 28.3 Å². The first-order chi connectivity index (χ1) is 17.9. The minimum Gasteiger partial charge on any atom is -0.493 e. The Balaban J connectivity index is 1.43. The summed E-state index contributed by atoms with van der Waals surface area (Å²) < 4.78 is 24.3. The zero-order valence-electron chi connectivity index (χ0n) is 19.6. The van der Waals surface area contributed by atoms with Crippen molar-refractivity contribution in [2.75, 3.05) is 19.0 Å². The Hall–Kier alpha value is -4.62. The van der Waals surface area contributed by atoms with Gasteiger partial charge in [-0.05, 0) is 65.9 Å². The number of ether oxygens (including phenoxy) is 2. The first-order valence-corrected chi connectivity index (χ1v) is 11.8. The van der Waals surface area contributed by atoms with Crippen molar-refractivity contribution in [2.45, 2.75) is 6.61 Å². The number of amides is 3. The molecule has 0 spiro atoms. The number of hydrogen-bond acceptors (Lipinski definition) is 7. The van der Waals surface area contributed by atoms with E-state index in [1.807, 2.05) is 6.07 Å². The number of hydrogen-bond donors (Lipinski definition) is 1. The molecule has 8 nitrogen and oxygen atoms in total.